The van der Waals surface area contributed by atoms with Crippen molar-refractivity contribution < 1.29 is 18.3 Å². The van der Waals surface area contributed by atoms with Gasteiger partial charge in [-0.1, -0.05) is 0 Å². The molecular formula is C12H12ClF2N3O2. The van der Waals surface area contributed by atoms with E-state index in [0.717, 1.165) is 12.1 Å². The van der Waals surface area contributed by atoms with Gasteiger partial charge < -0.3 is 15.4 Å². The standard InChI is InChI=1S/C12H11F2N3O2.ClH/c13-8-4-10(9(14)3-7(8)5-15)17-12(18)11-6-16-1-2-19-11;/h3-4,11,16H,1-2,6H2,(H,17,18);1H. The number of rotatable bonds is 2. The van der Waals surface area contributed by atoms with Crippen molar-refractivity contribution >= 4 is 24.0 Å². The molecule has 0 bridgehead atoms. The summed E-state index contributed by atoms with van der Waals surface area (Å²) in [5, 5.41) is 13.7. The molecule has 5 nitrogen and oxygen atoms in total. The third-order valence-electron chi connectivity index (χ3n) is 2.66. The average molecular weight is 304 g/mol. The molecule has 1 aliphatic heterocycles. The smallest absolute Gasteiger partial charge is 0.254 e. The summed E-state index contributed by atoms with van der Waals surface area (Å²) in [7, 11) is 0. The molecule has 0 spiro atoms. The maximum atomic E-state index is 13.6. The van der Waals surface area contributed by atoms with Crippen molar-refractivity contribution in [1.29, 1.82) is 5.26 Å². The summed E-state index contributed by atoms with van der Waals surface area (Å²) in [5.41, 5.74) is -0.721. The fourth-order valence-corrected chi connectivity index (χ4v) is 1.68. The molecule has 0 aromatic heterocycles. The number of benzene rings is 1. The third kappa shape index (κ3) is 3.63. The molecule has 1 amide bonds. The number of halogens is 3. The van der Waals surface area contributed by atoms with Crippen molar-refractivity contribution in [2.45, 2.75) is 6.10 Å². The minimum absolute atomic E-state index is 0. The molecule has 1 saturated heterocycles. The van der Waals surface area contributed by atoms with Crippen LogP contribution in [0.2, 0.25) is 0 Å². The molecule has 1 unspecified atom stereocenters. The predicted molar refractivity (Wildman–Crippen MR) is 69.6 cm³/mol. The number of nitrogens with one attached hydrogen (secondary N) is 2. The summed E-state index contributed by atoms with van der Waals surface area (Å²) in [6.07, 6.45) is -0.744. The van der Waals surface area contributed by atoms with E-state index < -0.39 is 29.2 Å². The van der Waals surface area contributed by atoms with Gasteiger partial charge in [0.05, 0.1) is 17.9 Å². The Morgan fingerprint density at radius 3 is 2.80 bits per heavy atom. The van der Waals surface area contributed by atoms with Crippen LogP contribution in [0.3, 0.4) is 0 Å². The Hall–Kier alpha value is -1.75. The summed E-state index contributed by atoms with van der Waals surface area (Å²) >= 11 is 0. The Balaban J connectivity index is 0.00000200. The van der Waals surface area contributed by atoms with Crippen molar-refractivity contribution in [2.24, 2.45) is 0 Å². The van der Waals surface area contributed by atoms with Gasteiger partial charge in [0.15, 0.2) is 0 Å². The van der Waals surface area contributed by atoms with E-state index in [1.54, 1.807) is 0 Å². The van der Waals surface area contributed by atoms with Gasteiger partial charge in [-0.15, -0.1) is 12.4 Å². The van der Waals surface area contributed by atoms with E-state index in [2.05, 4.69) is 10.6 Å². The molecule has 0 aliphatic carbocycles. The van der Waals surface area contributed by atoms with Crippen LogP contribution in [0.5, 0.6) is 0 Å². The second kappa shape index (κ2) is 7.14. The number of nitriles is 1. The topological polar surface area (TPSA) is 74.2 Å². The first-order chi connectivity index (χ1) is 9.11. The van der Waals surface area contributed by atoms with E-state index in [0.29, 0.717) is 19.7 Å². The highest BCUT2D eigenvalue weighted by Gasteiger charge is 2.23. The Labute approximate surface area is 120 Å². The van der Waals surface area contributed by atoms with Gasteiger partial charge in [0.1, 0.15) is 23.8 Å². The lowest BCUT2D eigenvalue weighted by Gasteiger charge is -2.22. The number of morpholine rings is 1. The van der Waals surface area contributed by atoms with Crippen LogP contribution in [0.1, 0.15) is 5.56 Å². The zero-order valence-corrected chi connectivity index (χ0v) is 11.1. The molecular weight excluding hydrogens is 292 g/mol. The van der Waals surface area contributed by atoms with Crippen molar-refractivity contribution in [3.63, 3.8) is 0 Å². The average Bonchev–Trinajstić information content (AvgIpc) is 2.43. The lowest BCUT2D eigenvalue weighted by atomic mass is 10.2. The first kappa shape index (κ1) is 16.3. The number of carbonyl (C=O) groups excluding carboxylic acids is 1. The van der Waals surface area contributed by atoms with Crippen molar-refractivity contribution in [1.82, 2.24) is 5.32 Å². The van der Waals surface area contributed by atoms with Gasteiger partial charge in [-0.2, -0.15) is 5.26 Å². The van der Waals surface area contributed by atoms with Gasteiger partial charge in [0, 0.05) is 19.2 Å². The molecule has 0 saturated carbocycles. The minimum atomic E-state index is -0.887. The number of hydrogen-bond donors (Lipinski definition) is 2. The number of anilines is 1. The van der Waals surface area contributed by atoms with E-state index in [4.69, 9.17) is 10.00 Å². The van der Waals surface area contributed by atoms with Gasteiger partial charge in [-0.3, -0.25) is 4.79 Å². The van der Waals surface area contributed by atoms with E-state index >= 15 is 0 Å². The van der Waals surface area contributed by atoms with Crippen LogP contribution < -0.4 is 10.6 Å². The van der Waals surface area contributed by atoms with Crippen LogP contribution in [0.15, 0.2) is 12.1 Å². The van der Waals surface area contributed by atoms with Gasteiger partial charge >= 0.3 is 0 Å². The van der Waals surface area contributed by atoms with Crippen molar-refractivity contribution in [3.8, 4) is 6.07 Å². The van der Waals surface area contributed by atoms with Crippen molar-refractivity contribution in [2.75, 3.05) is 25.0 Å². The lowest BCUT2D eigenvalue weighted by Crippen LogP contribution is -2.45. The maximum Gasteiger partial charge on any atom is 0.254 e. The monoisotopic (exact) mass is 303 g/mol. The normalized spacial score (nSPS) is 17.8. The molecule has 1 atom stereocenters. The van der Waals surface area contributed by atoms with E-state index in [1.807, 2.05) is 0 Å². The Morgan fingerprint density at radius 1 is 1.45 bits per heavy atom. The van der Waals surface area contributed by atoms with Crippen LogP contribution in [0.25, 0.3) is 0 Å². The summed E-state index contributed by atoms with van der Waals surface area (Å²) in [6, 6.07) is 3.04. The molecule has 2 N–H and O–H groups in total. The largest absolute Gasteiger partial charge is 0.366 e. The summed E-state index contributed by atoms with van der Waals surface area (Å²) in [5.74, 6) is -2.31. The van der Waals surface area contributed by atoms with Crippen LogP contribution in [0.4, 0.5) is 14.5 Å². The molecule has 1 aromatic rings. The predicted octanol–water partition coefficient (Wildman–Crippen LogP) is 1.19. The highest BCUT2D eigenvalue weighted by Crippen LogP contribution is 2.19. The fraction of sp³-hybridized carbons (Fsp3) is 0.333. The molecule has 1 aliphatic rings. The molecule has 1 heterocycles. The van der Waals surface area contributed by atoms with Gasteiger partial charge in [-0.25, -0.2) is 8.78 Å². The first-order valence-electron chi connectivity index (χ1n) is 5.64. The summed E-state index contributed by atoms with van der Waals surface area (Å²) in [4.78, 5) is 11.8. The molecule has 20 heavy (non-hydrogen) atoms. The number of ether oxygens (including phenoxy) is 1. The Kier molecular flexibility index (Phi) is 5.82. The van der Waals surface area contributed by atoms with Crippen LogP contribution >= 0.6 is 12.4 Å². The third-order valence-corrected chi connectivity index (χ3v) is 2.66. The highest BCUT2D eigenvalue weighted by atomic mass is 35.5. The summed E-state index contributed by atoms with van der Waals surface area (Å²) in [6.45, 7) is 1.33. The van der Waals surface area contributed by atoms with Crippen LogP contribution in [0, 0.1) is 23.0 Å². The number of carbonyl (C=O) groups is 1. The zero-order valence-electron chi connectivity index (χ0n) is 10.3. The van der Waals surface area contributed by atoms with E-state index in [-0.39, 0.29) is 18.1 Å². The SMILES string of the molecule is Cl.N#Cc1cc(F)c(NC(=O)C2CNCCO2)cc1F. The van der Waals surface area contributed by atoms with E-state index in [1.165, 1.54) is 6.07 Å². The second-order valence-corrected chi connectivity index (χ2v) is 3.98. The van der Waals surface area contributed by atoms with Crippen molar-refractivity contribution in [3.05, 3.63) is 29.3 Å². The number of amides is 1. The highest BCUT2D eigenvalue weighted by molar-refractivity contribution is 5.94. The van der Waals surface area contributed by atoms with Gasteiger partial charge in [0.25, 0.3) is 5.91 Å². The van der Waals surface area contributed by atoms with Crippen LogP contribution in [-0.2, 0) is 9.53 Å². The molecule has 108 valence electrons. The van der Waals surface area contributed by atoms with E-state index in [9.17, 15) is 13.6 Å². The molecule has 1 fully saturated rings. The first-order valence-corrected chi connectivity index (χ1v) is 5.64. The second-order valence-electron chi connectivity index (χ2n) is 3.98. The Bertz CT molecular complexity index is 542. The maximum absolute atomic E-state index is 13.6. The number of nitrogens with zero attached hydrogens (tertiary/aromatic N) is 1. The number of hydrogen-bond acceptors (Lipinski definition) is 4. The zero-order chi connectivity index (χ0) is 13.8. The quantitative estimate of drug-likeness (QED) is 0.860. The minimum Gasteiger partial charge on any atom is -0.366 e. The van der Waals surface area contributed by atoms with Crippen LogP contribution in [-0.4, -0.2) is 31.7 Å². The van der Waals surface area contributed by atoms with Gasteiger partial charge in [-0.05, 0) is 6.07 Å². The molecule has 1 aromatic carbocycles. The molecule has 0 radical (unpaired) electrons. The molecule has 8 heteroatoms. The lowest BCUT2D eigenvalue weighted by molar-refractivity contribution is -0.128. The fourth-order valence-electron chi connectivity index (χ4n) is 1.68. The van der Waals surface area contributed by atoms with Gasteiger partial charge in [0.2, 0.25) is 0 Å². The Morgan fingerprint density at radius 2 is 2.20 bits per heavy atom. The summed E-state index contributed by atoms with van der Waals surface area (Å²) < 4.78 is 32.1. The molecule has 2 rings (SSSR count).